The summed E-state index contributed by atoms with van der Waals surface area (Å²) in [7, 11) is 0. The van der Waals surface area contributed by atoms with E-state index >= 15 is 0 Å². The van der Waals surface area contributed by atoms with Crippen LogP contribution in [0.15, 0.2) is 30.3 Å². The van der Waals surface area contributed by atoms with Crippen LogP contribution >= 0.6 is 0 Å². The highest BCUT2D eigenvalue weighted by Gasteiger charge is 2.64. The fourth-order valence-corrected chi connectivity index (χ4v) is 8.28. The lowest BCUT2D eigenvalue weighted by Gasteiger charge is -2.62. The van der Waals surface area contributed by atoms with Crippen LogP contribution in [0.4, 0.5) is 0 Å². The molecule has 4 N–H and O–H groups in total. The van der Waals surface area contributed by atoms with Crippen molar-refractivity contribution in [3.05, 3.63) is 35.9 Å². The van der Waals surface area contributed by atoms with E-state index in [1.165, 1.54) is 0 Å². The number of rotatable bonds is 6. The molecule has 6 aliphatic rings. The van der Waals surface area contributed by atoms with Gasteiger partial charge in [0, 0.05) is 6.04 Å². The highest BCUT2D eigenvalue weighted by molar-refractivity contribution is 5.84. The molecule has 4 bridgehead atoms. The van der Waals surface area contributed by atoms with E-state index in [2.05, 4.69) is 6.07 Å². The van der Waals surface area contributed by atoms with Crippen molar-refractivity contribution in [3.63, 3.8) is 0 Å². The van der Waals surface area contributed by atoms with Crippen LogP contribution in [-0.4, -0.2) is 46.5 Å². The first-order valence-electron chi connectivity index (χ1n) is 12.8. The molecule has 1 aromatic carbocycles. The molecule has 1 aromatic rings. The molecule has 7 nitrogen and oxygen atoms in total. The standard InChI is InChI=1S/C27H34N4O3/c28-14-20-8-19-9-22(19)31(20)24(32)23(30)26-10-17-6-18(11-26)13-27(12-17,15-26)34-25(33)21(29)7-16-4-2-1-3-5-16/h1-5,17-23H,6-13,15,29-30H2/t17-,18+,19-,20+,21+,22+,23-,26?,27?/m1/s1. The summed E-state index contributed by atoms with van der Waals surface area (Å²) in [6.45, 7) is 0. The lowest BCUT2D eigenvalue weighted by molar-refractivity contribution is -0.207. The van der Waals surface area contributed by atoms with E-state index in [9.17, 15) is 14.9 Å². The van der Waals surface area contributed by atoms with E-state index in [0.29, 0.717) is 30.6 Å². The maximum atomic E-state index is 13.6. The van der Waals surface area contributed by atoms with Gasteiger partial charge < -0.3 is 21.1 Å². The van der Waals surface area contributed by atoms with Gasteiger partial charge in [-0.3, -0.25) is 9.59 Å². The molecule has 9 atom stereocenters. The number of nitrogens with zero attached hydrogens (tertiary/aromatic N) is 2. The van der Waals surface area contributed by atoms with Gasteiger partial charge in [0.15, 0.2) is 0 Å². The Kier molecular flexibility index (Phi) is 5.06. The van der Waals surface area contributed by atoms with Crippen LogP contribution in [-0.2, 0) is 20.7 Å². The van der Waals surface area contributed by atoms with Crippen molar-refractivity contribution >= 4 is 11.9 Å². The van der Waals surface area contributed by atoms with Crippen LogP contribution in [0.5, 0.6) is 0 Å². The van der Waals surface area contributed by atoms with Crippen LogP contribution in [0, 0.1) is 34.5 Å². The first kappa shape index (κ1) is 22.1. The van der Waals surface area contributed by atoms with Crippen LogP contribution in [0.2, 0.25) is 0 Å². The molecule has 1 aliphatic heterocycles. The number of amides is 1. The van der Waals surface area contributed by atoms with Crippen molar-refractivity contribution in [3.8, 4) is 6.07 Å². The predicted octanol–water partition coefficient (Wildman–Crippen LogP) is 2.28. The maximum absolute atomic E-state index is 13.6. The van der Waals surface area contributed by atoms with Crippen LogP contribution in [0.3, 0.4) is 0 Å². The molecule has 0 radical (unpaired) electrons. The number of carbonyl (C=O) groups is 2. The summed E-state index contributed by atoms with van der Waals surface area (Å²) in [4.78, 5) is 28.5. The Balaban J connectivity index is 1.20. The number of likely N-dealkylation sites (tertiary alicyclic amines) is 1. The molecule has 7 rings (SSSR count). The van der Waals surface area contributed by atoms with E-state index in [0.717, 1.165) is 50.5 Å². The van der Waals surface area contributed by atoms with Gasteiger partial charge in [0.1, 0.15) is 17.7 Å². The van der Waals surface area contributed by atoms with E-state index < -0.39 is 17.7 Å². The second-order valence-corrected chi connectivity index (χ2v) is 11.9. The summed E-state index contributed by atoms with van der Waals surface area (Å²) < 4.78 is 6.24. The van der Waals surface area contributed by atoms with Gasteiger partial charge >= 0.3 is 5.97 Å². The highest BCUT2D eigenvalue weighted by Crippen LogP contribution is 2.64. The monoisotopic (exact) mass is 462 g/mol. The lowest BCUT2D eigenvalue weighted by atomic mass is 9.46. The summed E-state index contributed by atoms with van der Waals surface area (Å²) in [6, 6.07) is 10.6. The maximum Gasteiger partial charge on any atom is 0.323 e. The van der Waals surface area contributed by atoms with Crippen molar-refractivity contribution in [1.82, 2.24) is 4.90 Å². The summed E-state index contributed by atoms with van der Waals surface area (Å²) in [5.41, 5.74) is 13.1. The number of carbonyl (C=O) groups excluding carboxylic acids is 2. The number of esters is 1. The van der Waals surface area contributed by atoms with Gasteiger partial charge in [0.05, 0.1) is 12.1 Å². The molecular formula is C27H34N4O3. The first-order valence-corrected chi connectivity index (χ1v) is 12.8. The normalized spacial score (nSPS) is 40.9. The molecule has 7 heteroatoms. The molecule has 34 heavy (non-hydrogen) atoms. The van der Waals surface area contributed by atoms with Gasteiger partial charge in [-0.25, -0.2) is 0 Å². The molecule has 1 saturated heterocycles. The van der Waals surface area contributed by atoms with Crippen molar-refractivity contribution in [1.29, 1.82) is 5.26 Å². The minimum atomic E-state index is -0.713. The summed E-state index contributed by atoms with van der Waals surface area (Å²) >= 11 is 0. The van der Waals surface area contributed by atoms with Gasteiger partial charge in [-0.05, 0) is 86.5 Å². The lowest BCUT2D eigenvalue weighted by Crippen LogP contribution is -2.66. The Morgan fingerprint density at radius 3 is 2.47 bits per heavy atom. The number of fused-ring (bicyclic) bond motifs is 1. The van der Waals surface area contributed by atoms with Crippen LogP contribution in [0.25, 0.3) is 0 Å². The van der Waals surface area contributed by atoms with Gasteiger partial charge in [0.25, 0.3) is 0 Å². The average Bonchev–Trinajstić information content (AvgIpc) is 3.47. The third-order valence-corrected chi connectivity index (χ3v) is 9.40. The molecular weight excluding hydrogens is 428 g/mol. The highest BCUT2D eigenvalue weighted by atomic mass is 16.6. The Bertz CT molecular complexity index is 1020. The van der Waals surface area contributed by atoms with E-state index in [-0.39, 0.29) is 29.4 Å². The Hall–Kier alpha value is -2.43. The summed E-state index contributed by atoms with van der Waals surface area (Å²) in [5, 5.41) is 9.58. The van der Waals surface area contributed by atoms with Crippen LogP contribution in [0.1, 0.15) is 56.9 Å². The number of piperidine rings is 1. The van der Waals surface area contributed by atoms with Crippen molar-refractivity contribution in [2.24, 2.45) is 34.6 Å². The van der Waals surface area contributed by atoms with Gasteiger partial charge in [-0.2, -0.15) is 5.26 Å². The second-order valence-electron chi connectivity index (χ2n) is 11.9. The molecule has 1 amide bonds. The van der Waals surface area contributed by atoms with Crippen molar-refractivity contribution in [2.45, 2.75) is 87.6 Å². The zero-order valence-electron chi connectivity index (χ0n) is 19.6. The minimum absolute atomic E-state index is 0.0687. The average molecular weight is 463 g/mol. The van der Waals surface area contributed by atoms with Crippen LogP contribution < -0.4 is 11.5 Å². The van der Waals surface area contributed by atoms with E-state index in [1.807, 2.05) is 30.3 Å². The van der Waals surface area contributed by atoms with Crippen molar-refractivity contribution in [2.75, 3.05) is 0 Å². The van der Waals surface area contributed by atoms with Gasteiger partial charge in [-0.1, -0.05) is 30.3 Å². The van der Waals surface area contributed by atoms with Gasteiger partial charge in [0.2, 0.25) is 5.91 Å². The van der Waals surface area contributed by atoms with E-state index in [4.69, 9.17) is 16.2 Å². The fourth-order valence-electron chi connectivity index (χ4n) is 8.28. The molecule has 0 aromatic heterocycles. The number of nitrogens with two attached hydrogens (primary N) is 2. The number of nitriles is 1. The smallest absolute Gasteiger partial charge is 0.323 e. The third-order valence-electron chi connectivity index (χ3n) is 9.40. The zero-order valence-corrected chi connectivity index (χ0v) is 19.6. The van der Waals surface area contributed by atoms with Crippen molar-refractivity contribution < 1.29 is 14.3 Å². The molecule has 1 heterocycles. The number of ether oxygens (including phenoxy) is 1. The third kappa shape index (κ3) is 3.54. The number of hydrogen-bond donors (Lipinski definition) is 2. The number of benzene rings is 1. The topological polar surface area (TPSA) is 122 Å². The Morgan fingerprint density at radius 2 is 1.79 bits per heavy atom. The zero-order chi connectivity index (χ0) is 23.7. The van der Waals surface area contributed by atoms with Gasteiger partial charge in [-0.15, -0.1) is 0 Å². The largest absolute Gasteiger partial charge is 0.458 e. The Morgan fingerprint density at radius 1 is 1.09 bits per heavy atom. The molecule has 5 saturated carbocycles. The first-order chi connectivity index (χ1) is 16.3. The fraction of sp³-hybridized carbons (Fsp3) is 0.667. The number of hydrogen-bond acceptors (Lipinski definition) is 6. The summed E-state index contributed by atoms with van der Waals surface area (Å²) in [6.07, 6.45) is 7.45. The molecule has 0 spiro atoms. The molecule has 2 unspecified atom stereocenters. The molecule has 6 fully saturated rings. The molecule has 180 valence electrons. The minimum Gasteiger partial charge on any atom is -0.458 e. The van der Waals surface area contributed by atoms with E-state index in [1.54, 1.807) is 4.90 Å². The second kappa shape index (κ2) is 7.79. The predicted molar refractivity (Wildman–Crippen MR) is 125 cm³/mol. The quantitative estimate of drug-likeness (QED) is 0.626. The SMILES string of the molecule is N#C[C@@H]1C[C@@H]2C[C@@H]2N1C(=O)[C@@H](N)C12C[C@@H]3C[C@@H](CC(OC(=O)[C@@H](N)Cc4ccccc4)(C3)C1)C2. The molecule has 5 aliphatic carbocycles. The summed E-state index contributed by atoms with van der Waals surface area (Å²) in [5.74, 6) is 0.872. The Labute approximate surface area is 200 Å².